The molecule has 6 nitrogen and oxygen atoms in total. The molecule has 1 amide bonds. The van der Waals surface area contributed by atoms with Gasteiger partial charge in [-0.3, -0.25) is 4.79 Å². The summed E-state index contributed by atoms with van der Waals surface area (Å²) in [6.07, 6.45) is 0.776. The van der Waals surface area contributed by atoms with Crippen molar-refractivity contribution in [3.63, 3.8) is 0 Å². The summed E-state index contributed by atoms with van der Waals surface area (Å²) in [6.45, 7) is 2.41. The van der Waals surface area contributed by atoms with Crippen LogP contribution in [0.3, 0.4) is 0 Å². The van der Waals surface area contributed by atoms with Crippen molar-refractivity contribution >= 4 is 5.91 Å². The third kappa shape index (κ3) is 4.67. The Morgan fingerprint density at radius 3 is 2.64 bits per heavy atom. The third-order valence-corrected chi connectivity index (χ3v) is 3.60. The van der Waals surface area contributed by atoms with Crippen molar-refractivity contribution in [3.05, 3.63) is 77.4 Å². The molecule has 0 saturated heterocycles. The van der Waals surface area contributed by atoms with E-state index in [9.17, 15) is 4.79 Å². The topological polar surface area (TPSA) is 77.2 Å². The maximum Gasteiger partial charge on any atom is 0.255 e. The van der Waals surface area contributed by atoms with E-state index in [2.05, 4.69) is 15.5 Å². The van der Waals surface area contributed by atoms with Crippen LogP contribution in [0.4, 0.5) is 0 Å². The molecule has 1 heterocycles. The quantitative estimate of drug-likeness (QED) is 0.717. The van der Waals surface area contributed by atoms with Crippen molar-refractivity contribution in [2.45, 2.75) is 20.0 Å². The lowest BCUT2D eigenvalue weighted by atomic mass is 10.1. The van der Waals surface area contributed by atoms with Crippen LogP contribution in [0.25, 0.3) is 0 Å². The highest BCUT2D eigenvalue weighted by Gasteiger charge is 2.13. The fourth-order valence-corrected chi connectivity index (χ4v) is 2.38. The lowest BCUT2D eigenvalue weighted by Crippen LogP contribution is -2.26. The van der Waals surface area contributed by atoms with Crippen LogP contribution in [0.15, 0.2) is 59.1 Å². The van der Waals surface area contributed by atoms with E-state index in [1.807, 2.05) is 36.4 Å². The second kappa shape index (κ2) is 8.10. The predicted molar refractivity (Wildman–Crippen MR) is 92.3 cm³/mol. The van der Waals surface area contributed by atoms with Crippen molar-refractivity contribution < 1.29 is 14.1 Å². The van der Waals surface area contributed by atoms with Gasteiger partial charge in [-0.2, -0.15) is 4.98 Å². The normalized spacial score (nSPS) is 10.4. The van der Waals surface area contributed by atoms with Crippen LogP contribution in [0.1, 0.15) is 27.6 Å². The highest BCUT2D eigenvalue weighted by molar-refractivity contribution is 5.96. The fraction of sp³-hybridized carbons (Fsp3) is 0.211. The zero-order chi connectivity index (χ0) is 17.5. The number of hydrogen-bond acceptors (Lipinski definition) is 5. The van der Waals surface area contributed by atoms with Gasteiger partial charge < -0.3 is 14.6 Å². The molecule has 1 N–H and O–H groups in total. The minimum Gasteiger partial charge on any atom is -0.485 e. The molecule has 0 fully saturated rings. The number of benzene rings is 2. The molecule has 3 aromatic rings. The summed E-state index contributed by atoms with van der Waals surface area (Å²) in [4.78, 5) is 16.5. The molecule has 3 rings (SSSR count). The molecule has 0 bridgehead atoms. The van der Waals surface area contributed by atoms with Gasteiger partial charge in [0.05, 0.1) is 5.56 Å². The number of carbonyl (C=O) groups is 1. The summed E-state index contributed by atoms with van der Waals surface area (Å²) in [5.41, 5.74) is 1.66. The average molecular weight is 337 g/mol. The Morgan fingerprint density at radius 1 is 1.12 bits per heavy atom. The van der Waals surface area contributed by atoms with Gasteiger partial charge >= 0.3 is 0 Å². The lowest BCUT2D eigenvalue weighted by molar-refractivity contribution is 0.0949. The third-order valence-electron chi connectivity index (χ3n) is 3.60. The van der Waals surface area contributed by atoms with Gasteiger partial charge in [-0.05, 0) is 24.1 Å². The van der Waals surface area contributed by atoms with E-state index in [0.29, 0.717) is 29.6 Å². The van der Waals surface area contributed by atoms with E-state index in [-0.39, 0.29) is 12.5 Å². The molecule has 0 atom stereocenters. The molecule has 0 spiro atoms. The van der Waals surface area contributed by atoms with Gasteiger partial charge in [-0.1, -0.05) is 47.6 Å². The highest BCUT2D eigenvalue weighted by atomic mass is 16.5. The molecule has 0 aliphatic heterocycles. The van der Waals surface area contributed by atoms with Crippen LogP contribution in [-0.4, -0.2) is 22.6 Å². The summed E-state index contributed by atoms with van der Waals surface area (Å²) in [7, 11) is 0. The molecule has 6 heteroatoms. The largest absolute Gasteiger partial charge is 0.485 e. The maximum absolute atomic E-state index is 12.4. The number of para-hydroxylation sites is 1. The summed E-state index contributed by atoms with van der Waals surface area (Å²) >= 11 is 0. The second-order valence-electron chi connectivity index (χ2n) is 5.51. The first-order valence-corrected chi connectivity index (χ1v) is 8.05. The molecule has 2 aromatic carbocycles. The van der Waals surface area contributed by atoms with Crippen LogP contribution in [0.2, 0.25) is 0 Å². The van der Waals surface area contributed by atoms with E-state index < -0.39 is 0 Å². The number of nitrogens with zero attached hydrogens (tertiary/aromatic N) is 2. The number of aromatic nitrogens is 2. The molecule has 0 saturated carbocycles. The SMILES string of the molecule is Cc1nc(COc2ccccc2C(=O)NCCc2ccccc2)no1. The molecular formula is C19H19N3O3. The molecule has 0 aliphatic carbocycles. The van der Waals surface area contributed by atoms with E-state index in [1.54, 1.807) is 25.1 Å². The second-order valence-corrected chi connectivity index (χ2v) is 5.51. The molecule has 0 unspecified atom stereocenters. The maximum atomic E-state index is 12.4. The molecule has 0 aliphatic rings. The van der Waals surface area contributed by atoms with Crippen LogP contribution in [-0.2, 0) is 13.0 Å². The Kier molecular flexibility index (Phi) is 5.41. The number of aryl methyl sites for hydroxylation is 1. The van der Waals surface area contributed by atoms with Gasteiger partial charge in [0.2, 0.25) is 11.7 Å². The minimum absolute atomic E-state index is 0.144. The van der Waals surface area contributed by atoms with Crippen LogP contribution < -0.4 is 10.1 Å². The minimum atomic E-state index is -0.171. The Bertz CT molecular complexity index is 831. The highest BCUT2D eigenvalue weighted by Crippen LogP contribution is 2.19. The van der Waals surface area contributed by atoms with E-state index >= 15 is 0 Å². The Hall–Kier alpha value is -3.15. The first-order chi connectivity index (χ1) is 12.2. The van der Waals surface area contributed by atoms with Gasteiger partial charge in [0.15, 0.2) is 6.61 Å². The molecule has 25 heavy (non-hydrogen) atoms. The van der Waals surface area contributed by atoms with Gasteiger partial charge in [-0.15, -0.1) is 0 Å². The lowest BCUT2D eigenvalue weighted by Gasteiger charge is -2.10. The summed E-state index contributed by atoms with van der Waals surface area (Å²) in [5.74, 6) is 1.24. The van der Waals surface area contributed by atoms with Gasteiger partial charge in [0.1, 0.15) is 5.75 Å². The van der Waals surface area contributed by atoms with Crippen molar-refractivity contribution in [1.82, 2.24) is 15.5 Å². The van der Waals surface area contributed by atoms with Gasteiger partial charge in [-0.25, -0.2) is 0 Å². The summed E-state index contributed by atoms with van der Waals surface area (Å²) in [6, 6.07) is 17.1. The van der Waals surface area contributed by atoms with Gasteiger partial charge in [0.25, 0.3) is 5.91 Å². The Labute approximate surface area is 145 Å². The number of rotatable bonds is 7. The number of amides is 1. The van der Waals surface area contributed by atoms with Crippen molar-refractivity contribution in [2.75, 3.05) is 6.54 Å². The molecular weight excluding hydrogens is 318 g/mol. The fourth-order valence-electron chi connectivity index (χ4n) is 2.38. The van der Waals surface area contributed by atoms with Gasteiger partial charge in [0, 0.05) is 13.5 Å². The van der Waals surface area contributed by atoms with Crippen molar-refractivity contribution in [2.24, 2.45) is 0 Å². The average Bonchev–Trinajstić information content (AvgIpc) is 3.06. The van der Waals surface area contributed by atoms with E-state index in [0.717, 1.165) is 6.42 Å². The number of carbonyl (C=O) groups excluding carboxylic acids is 1. The predicted octanol–water partition coefficient (Wildman–Crippen LogP) is 2.93. The summed E-state index contributed by atoms with van der Waals surface area (Å²) < 4.78 is 10.6. The van der Waals surface area contributed by atoms with Crippen molar-refractivity contribution in [1.29, 1.82) is 0 Å². The number of hydrogen-bond donors (Lipinski definition) is 1. The number of nitrogens with one attached hydrogen (secondary N) is 1. The molecule has 128 valence electrons. The summed E-state index contributed by atoms with van der Waals surface area (Å²) in [5, 5.41) is 6.70. The van der Waals surface area contributed by atoms with E-state index in [4.69, 9.17) is 9.26 Å². The van der Waals surface area contributed by atoms with Crippen LogP contribution in [0.5, 0.6) is 5.75 Å². The molecule has 1 aromatic heterocycles. The zero-order valence-electron chi connectivity index (χ0n) is 13.9. The molecule has 0 radical (unpaired) electrons. The first kappa shape index (κ1) is 16.7. The van der Waals surface area contributed by atoms with Crippen LogP contribution in [0, 0.1) is 6.92 Å². The van der Waals surface area contributed by atoms with Crippen LogP contribution >= 0.6 is 0 Å². The van der Waals surface area contributed by atoms with Crippen molar-refractivity contribution in [3.8, 4) is 5.75 Å². The Balaban J connectivity index is 1.58. The van der Waals surface area contributed by atoms with E-state index in [1.165, 1.54) is 5.56 Å². The number of ether oxygens (including phenoxy) is 1. The Morgan fingerprint density at radius 2 is 1.88 bits per heavy atom. The monoisotopic (exact) mass is 337 g/mol. The first-order valence-electron chi connectivity index (χ1n) is 8.05. The standard InChI is InChI=1S/C19H19N3O3/c1-14-21-18(22-25-14)13-24-17-10-6-5-9-16(17)19(23)20-12-11-15-7-3-2-4-8-15/h2-10H,11-13H2,1H3,(H,20,23). The smallest absolute Gasteiger partial charge is 0.255 e. The zero-order valence-corrected chi connectivity index (χ0v) is 13.9.